The second-order valence-corrected chi connectivity index (χ2v) is 6.16. The van der Waals surface area contributed by atoms with E-state index in [1.54, 1.807) is 6.07 Å². The summed E-state index contributed by atoms with van der Waals surface area (Å²) in [5.74, 6) is 0.159. The highest BCUT2D eigenvalue weighted by Gasteiger charge is 2.25. The molecule has 0 bridgehead atoms. The molecule has 0 radical (unpaired) electrons. The van der Waals surface area contributed by atoms with Gasteiger partial charge in [0.15, 0.2) is 0 Å². The smallest absolute Gasteiger partial charge is 0.220 e. The highest BCUT2D eigenvalue weighted by molar-refractivity contribution is 5.85. The third-order valence-electron chi connectivity index (χ3n) is 4.61. The van der Waals surface area contributed by atoms with Crippen LogP contribution in [0, 0.1) is 11.7 Å². The summed E-state index contributed by atoms with van der Waals surface area (Å²) in [6, 6.07) is 4.89. The van der Waals surface area contributed by atoms with Crippen LogP contribution in [0.1, 0.15) is 31.2 Å². The lowest BCUT2D eigenvalue weighted by Crippen LogP contribution is -2.32. The standard InChI is InChI=1S/C17H22FN3O.ClH/c18-13-4-5-14-12(10-21-16(14)9-13)6-7-20-17(22)8-11-2-1-3-15(11)19;/h4-5,9-11,15,21H,1-3,6-8,19H2,(H,20,22);1H/t11-,15+;/m0./s1. The van der Waals surface area contributed by atoms with Crippen molar-refractivity contribution >= 4 is 29.2 Å². The molecular weight excluding hydrogens is 317 g/mol. The van der Waals surface area contributed by atoms with Gasteiger partial charge in [-0.25, -0.2) is 4.39 Å². The first kappa shape index (κ1) is 17.8. The van der Waals surface area contributed by atoms with E-state index in [2.05, 4.69) is 10.3 Å². The lowest BCUT2D eigenvalue weighted by Gasteiger charge is -2.14. The maximum atomic E-state index is 13.1. The van der Waals surface area contributed by atoms with Gasteiger partial charge in [0.25, 0.3) is 0 Å². The number of nitrogens with one attached hydrogen (secondary N) is 2. The van der Waals surface area contributed by atoms with Crippen molar-refractivity contribution in [1.82, 2.24) is 10.3 Å². The molecule has 1 saturated carbocycles. The first-order valence-electron chi connectivity index (χ1n) is 7.91. The summed E-state index contributed by atoms with van der Waals surface area (Å²) in [6.07, 6.45) is 6.36. The molecule has 0 unspecified atom stereocenters. The number of carbonyl (C=O) groups excluding carboxylic acids is 1. The third kappa shape index (κ3) is 4.24. The highest BCUT2D eigenvalue weighted by Crippen LogP contribution is 2.26. The van der Waals surface area contributed by atoms with Crippen molar-refractivity contribution in [3.63, 3.8) is 0 Å². The Morgan fingerprint density at radius 2 is 2.22 bits per heavy atom. The van der Waals surface area contributed by atoms with Crippen molar-refractivity contribution in [2.75, 3.05) is 6.54 Å². The zero-order valence-corrected chi connectivity index (χ0v) is 13.8. The van der Waals surface area contributed by atoms with Crippen molar-refractivity contribution in [3.05, 3.63) is 35.8 Å². The number of amides is 1. The zero-order chi connectivity index (χ0) is 15.5. The van der Waals surface area contributed by atoms with Gasteiger partial charge in [0.05, 0.1) is 0 Å². The molecule has 0 saturated heterocycles. The Kier molecular flexibility index (Phi) is 6.02. The number of rotatable bonds is 5. The molecule has 2 atom stereocenters. The van der Waals surface area contributed by atoms with Gasteiger partial charge in [0.1, 0.15) is 5.82 Å². The minimum Gasteiger partial charge on any atom is -0.361 e. The van der Waals surface area contributed by atoms with Crippen LogP contribution in [0.3, 0.4) is 0 Å². The van der Waals surface area contributed by atoms with Gasteiger partial charge in [0, 0.05) is 36.1 Å². The number of halogens is 2. The van der Waals surface area contributed by atoms with Gasteiger partial charge in [-0.2, -0.15) is 0 Å². The molecule has 2 aromatic rings. The van der Waals surface area contributed by atoms with Crippen molar-refractivity contribution in [1.29, 1.82) is 0 Å². The van der Waals surface area contributed by atoms with Crippen molar-refractivity contribution in [2.45, 2.75) is 38.1 Å². The molecule has 0 aliphatic heterocycles. The average molecular weight is 340 g/mol. The summed E-state index contributed by atoms with van der Waals surface area (Å²) >= 11 is 0. The summed E-state index contributed by atoms with van der Waals surface area (Å²) in [6.45, 7) is 0.588. The van der Waals surface area contributed by atoms with Crippen LogP contribution in [0.2, 0.25) is 0 Å². The maximum absolute atomic E-state index is 13.1. The monoisotopic (exact) mass is 339 g/mol. The lowest BCUT2D eigenvalue weighted by atomic mass is 10.00. The third-order valence-corrected chi connectivity index (χ3v) is 4.61. The van der Waals surface area contributed by atoms with Crippen LogP contribution in [0.4, 0.5) is 4.39 Å². The fourth-order valence-corrected chi connectivity index (χ4v) is 3.33. The van der Waals surface area contributed by atoms with E-state index in [9.17, 15) is 9.18 Å². The Morgan fingerprint density at radius 3 is 2.96 bits per heavy atom. The average Bonchev–Trinajstić information content (AvgIpc) is 3.06. The number of aromatic amines is 1. The van der Waals surface area contributed by atoms with E-state index < -0.39 is 0 Å². The van der Waals surface area contributed by atoms with E-state index in [1.165, 1.54) is 12.1 Å². The molecule has 1 aliphatic rings. The van der Waals surface area contributed by atoms with Crippen molar-refractivity contribution in [2.24, 2.45) is 11.7 Å². The second-order valence-electron chi connectivity index (χ2n) is 6.16. The molecule has 1 fully saturated rings. The molecule has 1 aliphatic carbocycles. The second kappa shape index (κ2) is 7.79. The van der Waals surface area contributed by atoms with Crippen LogP contribution in [-0.2, 0) is 11.2 Å². The predicted molar refractivity (Wildman–Crippen MR) is 92.2 cm³/mol. The number of fused-ring (bicyclic) bond motifs is 1. The van der Waals surface area contributed by atoms with Crippen LogP contribution < -0.4 is 11.1 Å². The van der Waals surface area contributed by atoms with E-state index in [0.29, 0.717) is 18.9 Å². The largest absolute Gasteiger partial charge is 0.361 e. The Morgan fingerprint density at radius 1 is 1.39 bits per heavy atom. The summed E-state index contributed by atoms with van der Waals surface area (Å²) in [7, 11) is 0. The first-order valence-corrected chi connectivity index (χ1v) is 7.91. The number of hydrogen-bond donors (Lipinski definition) is 3. The molecule has 0 spiro atoms. The van der Waals surface area contributed by atoms with Gasteiger partial charge in [-0.15, -0.1) is 12.4 Å². The molecule has 4 nitrogen and oxygen atoms in total. The van der Waals surface area contributed by atoms with Gasteiger partial charge >= 0.3 is 0 Å². The van der Waals surface area contributed by atoms with Gasteiger partial charge in [-0.05, 0) is 48.9 Å². The van der Waals surface area contributed by atoms with Crippen LogP contribution in [-0.4, -0.2) is 23.5 Å². The quantitative estimate of drug-likeness (QED) is 0.783. The number of hydrogen-bond acceptors (Lipinski definition) is 2. The van der Waals surface area contributed by atoms with Gasteiger partial charge < -0.3 is 16.0 Å². The van der Waals surface area contributed by atoms with Gasteiger partial charge in [-0.1, -0.05) is 6.42 Å². The van der Waals surface area contributed by atoms with E-state index in [0.717, 1.165) is 42.1 Å². The molecule has 1 amide bonds. The normalized spacial score (nSPS) is 20.4. The first-order chi connectivity index (χ1) is 10.6. The van der Waals surface area contributed by atoms with E-state index >= 15 is 0 Å². The zero-order valence-electron chi connectivity index (χ0n) is 13.0. The Hall–Kier alpha value is -1.59. The summed E-state index contributed by atoms with van der Waals surface area (Å²) < 4.78 is 13.1. The van der Waals surface area contributed by atoms with E-state index in [-0.39, 0.29) is 30.2 Å². The molecule has 1 aromatic carbocycles. The maximum Gasteiger partial charge on any atom is 0.220 e. The van der Waals surface area contributed by atoms with Crippen LogP contribution in [0.5, 0.6) is 0 Å². The molecule has 23 heavy (non-hydrogen) atoms. The summed E-state index contributed by atoms with van der Waals surface area (Å²) in [5.41, 5.74) is 7.87. The predicted octanol–water partition coefficient (Wildman–Crippen LogP) is 2.91. The number of nitrogens with two attached hydrogens (primary N) is 1. The highest BCUT2D eigenvalue weighted by atomic mass is 35.5. The van der Waals surface area contributed by atoms with Gasteiger partial charge in [0.2, 0.25) is 5.91 Å². The van der Waals surface area contributed by atoms with Crippen LogP contribution >= 0.6 is 12.4 Å². The van der Waals surface area contributed by atoms with E-state index in [1.807, 2.05) is 6.20 Å². The fraction of sp³-hybridized carbons (Fsp3) is 0.471. The van der Waals surface area contributed by atoms with Crippen molar-refractivity contribution in [3.8, 4) is 0 Å². The molecule has 3 rings (SSSR count). The molecule has 1 aromatic heterocycles. The Balaban J connectivity index is 0.00000192. The lowest BCUT2D eigenvalue weighted by molar-refractivity contribution is -0.122. The number of aromatic nitrogens is 1. The van der Waals surface area contributed by atoms with Crippen molar-refractivity contribution < 1.29 is 9.18 Å². The van der Waals surface area contributed by atoms with E-state index in [4.69, 9.17) is 5.73 Å². The van der Waals surface area contributed by atoms with Gasteiger partial charge in [-0.3, -0.25) is 4.79 Å². The molecular formula is C17H23ClFN3O. The number of benzene rings is 1. The number of H-pyrrole nitrogens is 1. The van der Waals surface area contributed by atoms with Crippen LogP contribution in [0.15, 0.2) is 24.4 Å². The molecule has 4 N–H and O–H groups in total. The molecule has 1 heterocycles. The fourth-order valence-electron chi connectivity index (χ4n) is 3.33. The topological polar surface area (TPSA) is 70.9 Å². The summed E-state index contributed by atoms with van der Waals surface area (Å²) in [5, 5.41) is 3.97. The Bertz CT molecular complexity index is 673. The summed E-state index contributed by atoms with van der Waals surface area (Å²) in [4.78, 5) is 15.0. The minimum absolute atomic E-state index is 0. The Labute approximate surface area is 141 Å². The van der Waals surface area contributed by atoms with Crippen LogP contribution in [0.25, 0.3) is 10.9 Å². The number of carbonyl (C=O) groups is 1. The molecule has 126 valence electrons. The minimum atomic E-state index is -0.248. The molecule has 6 heteroatoms. The SMILES string of the molecule is Cl.N[C@@H]1CCC[C@H]1CC(=O)NCCc1c[nH]c2cc(F)ccc12.